The first-order valence-electron chi connectivity index (χ1n) is 13.4. The molecule has 0 radical (unpaired) electrons. The zero-order valence-electron chi connectivity index (χ0n) is 22.7. The number of carbonyl (C=O) groups is 2. The predicted molar refractivity (Wildman–Crippen MR) is 151 cm³/mol. The topological polar surface area (TPSA) is 79.0 Å². The normalized spacial score (nSPS) is 16.8. The number of nitrogens with zero attached hydrogens (tertiary/aromatic N) is 4. The van der Waals surface area contributed by atoms with Crippen LogP contribution in [-0.4, -0.2) is 85.3 Å². The van der Waals surface area contributed by atoms with E-state index in [0.717, 1.165) is 79.0 Å². The third-order valence-corrected chi connectivity index (χ3v) is 7.25. The van der Waals surface area contributed by atoms with Crippen molar-refractivity contribution in [1.29, 1.82) is 0 Å². The van der Waals surface area contributed by atoms with Crippen molar-refractivity contribution in [2.45, 2.75) is 33.1 Å². The summed E-state index contributed by atoms with van der Waals surface area (Å²) in [5.41, 5.74) is 11.3. The summed E-state index contributed by atoms with van der Waals surface area (Å²) in [4.78, 5) is 34.7. The van der Waals surface area contributed by atoms with Gasteiger partial charge in [0.05, 0.1) is 46.0 Å². The lowest BCUT2D eigenvalue weighted by Crippen LogP contribution is -2.56. The van der Waals surface area contributed by atoms with Gasteiger partial charge < -0.3 is 20.0 Å². The summed E-state index contributed by atoms with van der Waals surface area (Å²) in [6.45, 7) is 9.15. The molecule has 2 heterocycles. The number of piperazine rings is 1. The number of amides is 2. The van der Waals surface area contributed by atoms with Gasteiger partial charge in [-0.05, 0) is 48.2 Å². The minimum absolute atomic E-state index is 0.0373. The van der Waals surface area contributed by atoms with E-state index in [4.69, 9.17) is 5.73 Å². The van der Waals surface area contributed by atoms with E-state index < -0.39 is 0 Å². The summed E-state index contributed by atoms with van der Waals surface area (Å²) >= 11 is 0. The van der Waals surface area contributed by atoms with Crippen molar-refractivity contribution in [3.63, 3.8) is 0 Å². The van der Waals surface area contributed by atoms with Gasteiger partial charge in [0.2, 0.25) is 5.91 Å². The number of rotatable bonds is 7. The van der Waals surface area contributed by atoms with Crippen molar-refractivity contribution < 1.29 is 14.1 Å². The van der Waals surface area contributed by atoms with Crippen LogP contribution in [0, 0.1) is 0 Å². The summed E-state index contributed by atoms with van der Waals surface area (Å²) in [5, 5.41) is 0. The van der Waals surface area contributed by atoms with E-state index in [1.165, 1.54) is 0 Å². The molecule has 37 heavy (non-hydrogen) atoms. The number of hydrogen-bond acceptors (Lipinski definition) is 4. The van der Waals surface area contributed by atoms with Crippen LogP contribution in [-0.2, 0) is 4.79 Å². The van der Waals surface area contributed by atoms with Gasteiger partial charge in [-0.25, -0.2) is 4.99 Å². The minimum atomic E-state index is 0.0373. The first kappa shape index (κ1) is 26.6. The van der Waals surface area contributed by atoms with Gasteiger partial charge in [-0.1, -0.05) is 38.1 Å². The van der Waals surface area contributed by atoms with Crippen molar-refractivity contribution in [3.8, 4) is 11.1 Å². The molecule has 2 amide bonds. The monoisotopic (exact) mass is 502 g/mol. The molecule has 0 saturated carbocycles. The molecular weight excluding hydrogens is 462 g/mol. The molecular formula is C30H40N5O2+. The van der Waals surface area contributed by atoms with Crippen molar-refractivity contribution in [2.75, 3.05) is 53.4 Å². The van der Waals surface area contributed by atoms with Gasteiger partial charge in [-0.15, -0.1) is 0 Å². The van der Waals surface area contributed by atoms with Crippen molar-refractivity contribution >= 4 is 29.4 Å². The first-order valence-corrected chi connectivity index (χ1v) is 13.4. The molecule has 1 saturated heterocycles. The Balaban J connectivity index is 1.54. The summed E-state index contributed by atoms with van der Waals surface area (Å²) < 4.78 is 0.953. The summed E-state index contributed by atoms with van der Waals surface area (Å²) in [7, 11) is 4.41. The van der Waals surface area contributed by atoms with Gasteiger partial charge in [0.1, 0.15) is 5.84 Å². The smallest absolute Gasteiger partial charge is 0.254 e. The Labute approximate surface area is 220 Å². The molecule has 0 atom stereocenters. The third kappa shape index (κ3) is 6.28. The Morgan fingerprint density at radius 3 is 2.22 bits per heavy atom. The fraction of sp³-hybridized carbons (Fsp3) is 0.433. The number of carbonyl (C=O) groups excluding carboxylic acids is 2. The average Bonchev–Trinajstić information content (AvgIpc) is 3.05. The maximum Gasteiger partial charge on any atom is 0.254 e. The average molecular weight is 503 g/mol. The van der Waals surface area contributed by atoms with Crippen LogP contribution in [0.2, 0.25) is 0 Å². The molecule has 0 bridgehead atoms. The number of hydrogen-bond donors (Lipinski definition) is 1. The SMILES string of the molecule is CCCN(CCC)C(=O)C1=Cc2ccc(-c3ccc(C(=O)N4CC[N+](C)(C)CC4)cc3)cc2N=C(N)C1. The standard InChI is InChI=1S/C30H39N5O2/c1-5-13-33(14-6-2)30(37)26-19-25-12-11-24(20-27(25)32-28(31)21-26)22-7-9-23(10-8-22)29(36)34-15-17-35(3,4)18-16-34/h7-12,19-20H,5-6,13-18,21H2,1-4H3,(H-,31,32,37)/p+1. The molecule has 2 aromatic rings. The molecule has 2 N–H and O–H groups in total. The molecule has 196 valence electrons. The largest absolute Gasteiger partial charge is 0.387 e. The predicted octanol–water partition coefficient (Wildman–Crippen LogP) is 4.31. The molecule has 0 unspecified atom stereocenters. The second-order valence-corrected chi connectivity index (χ2v) is 10.8. The summed E-state index contributed by atoms with van der Waals surface area (Å²) in [5.74, 6) is 0.566. The van der Waals surface area contributed by atoms with E-state index in [-0.39, 0.29) is 11.8 Å². The minimum Gasteiger partial charge on any atom is -0.387 e. The maximum atomic E-state index is 13.2. The van der Waals surface area contributed by atoms with Crippen LogP contribution in [0.3, 0.4) is 0 Å². The molecule has 1 fully saturated rings. The van der Waals surface area contributed by atoms with Crippen LogP contribution in [0.1, 0.15) is 49.0 Å². The Morgan fingerprint density at radius 1 is 0.973 bits per heavy atom. The second kappa shape index (κ2) is 11.3. The van der Waals surface area contributed by atoms with Crippen LogP contribution in [0.5, 0.6) is 0 Å². The number of nitrogens with two attached hydrogens (primary N) is 1. The van der Waals surface area contributed by atoms with E-state index in [1.807, 2.05) is 58.3 Å². The van der Waals surface area contributed by atoms with Crippen LogP contribution in [0.25, 0.3) is 17.2 Å². The highest BCUT2D eigenvalue weighted by Crippen LogP contribution is 2.32. The number of fused-ring (bicyclic) bond motifs is 1. The number of amidine groups is 1. The van der Waals surface area contributed by atoms with Crippen LogP contribution in [0.4, 0.5) is 5.69 Å². The van der Waals surface area contributed by atoms with Gasteiger partial charge in [-0.2, -0.15) is 0 Å². The lowest BCUT2D eigenvalue weighted by atomic mass is 9.99. The van der Waals surface area contributed by atoms with Crippen molar-refractivity contribution in [2.24, 2.45) is 10.7 Å². The van der Waals surface area contributed by atoms with Gasteiger partial charge in [0, 0.05) is 36.2 Å². The van der Waals surface area contributed by atoms with Crippen molar-refractivity contribution in [1.82, 2.24) is 9.80 Å². The Kier molecular flexibility index (Phi) is 8.13. The Hall–Kier alpha value is -3.45. The van der Waals surface area contributed by atoms with Gasteiger partial charge in [0.25, 0.3) is 5.91 Å². The van der Waals surface area contributed by atoms with E-state index >= 15 is 0 Å². The highest BCUT2D eigenvalue weighted by Gasteiger charge is 2.28. The Bertz CT molecular complexity index is 1200. The molecule has 0 aliphatic carbocycles. The van der Waals surface area contributed by atoms with Crippen LogP contribution in [0.15, 0.2) is 53.0 Å². The number of quaternary nitrogens is 1. The lowest BCUT2D eigenvalue weighted by molar-refractivity contribution is -0.894. The van der Waals surface area contributed by atoms with Crippen LogP contribution >= 0.6 is 0 Å². The summed E-state index contributed by atoms with van der Waals surface area (Å²) in [6, 6.07) is 13.8. The van der Waals surface area contributed by atoms with E-state index in [1.54, 1.807) is 0 Å². The first-order chi connectivity index (χ1) is 17.7. The quantitative estimate of drug-likeness (QED) is 0.573. The van der Waals surface area contributed by atoms with Gasteiger partial charge >= 0.3 is 0 Å². The van der Waals surface area contributed by atoms with Crippen molar-refractivity contribution in [3.05, 3.63) is 59.2 Å². The molecule has 4 rings (SSSR count). The molecule has 2 aromatic carbocycles. The fourth-order valence-corrected chi connectivity index (χ4v) is 4.96. The zero-order valence-corrected chi connectivity index (χ0v) is 22.7. The summed E-state index contributed by atoms with van der Waals surface area (Å²) in [6.07, 6.45) is 4.12. The second-order valence-electron chi connectivity index (χ2n) is 10.8. The highest BCUT2D eigenvalue weighted by molar-refractivity contribution is 6.05. The Morgan fingerprint density at radius 2 is 1.59 bits per heavy atom. The van der Waals surface area contributed by atoms with Gasteiger partial charge in [0.15, 0.2) is 0 Å². The fourth-order valence-electron chi connectivity index (χ4n) is 4.96. The molecule has 7 heteroatoms. The third-order valence-electron chi connectivity index (χ3n) is 7.25. The van der Waals surface area contributed by atoms with Gasteiger partial charge in [-0.3, -0.25) is 9.59 Å². The molecule has 7 nitrogen and oxygen atoms in total. The molecule has 2 aliphatic rings. The molecule has 2 aliphatic heterocycles. The van der Waals surface area contributed by atoms with E-state index in [2.05, 4.69) is 32.9 Å². The van der Waals surface area contributed by atoms with Crippen LogP contribution < -0.4 is 5.73 Å². The maximum absolute atomic E-state index is 13.2. The number of likely N-dealkylation sites (N-methyl/N-ethyl adjacent to an activating group) is 1. The molecule has 0 aromatic heterocycles. The van der Waals surface area contributed by atoms with E-state index in [0.29, 0.717) is 23.4 Å². The molecule has 0 spiro atoms. The number of aliphatic imine (C=N–C) groups is 1. The lowest BCUT2D eigenvalue weighted by Gasteiger charge is -2.39. The van der Waals surface area contributed by atoms with E-state index in [9.17, 15) is 9.59 Å². The highest BCUT2D eigenvalue weighted by atomic mass is 16.2. The zero-order chi connectivity index (χ0) is 26.6. The number of benzene rings is 2.